The minimum atomic E-state index is -0.638. The quantitative estimate of drug-likeness (QED) is 0.786. The third kappa shape index (κ3) is 3.61. The van der Waals surface area contributed by atoms with Crippen molar-refractivity contribution in [2.24, 2.45) is 0 Å². The van der Waals surface area contributed by atoms with Crippen LogP contribution in [0, 0.1) is 13.8 Å². The Balaban J connectivity index is 2.14. The molecule has 21 heavy (non-hydrogen) atoms. The number of carbonyl (C=O) groups excluding carboxylic acids is 2. The van der Waals surface area contributed by atoms with E-state index in [9.17, 15) is 9.59 Å². The maximum Gasteiger partial charge on any atom is 0.331 e. The van der Waals surface area contributed by atoms with Crippen LogP contribution < -0.4 is 0 Å². The summed E-state index contributed by atoms with van der Waals surface area (Å²) in [6.07, 6.45) is 0.293. The average molecular weight is 291 g/mol. The van der Waals surface area contributed by atoms with Gasteiger partial charge in [-0.1, -0.05) is 23.8 Å². The van der Waals surface area contributed by atoms with Crippen molar-refractivity contribution in [1.82, 2.24) is 4.90 Å². The van der Waals surface area contributed by atoms with Gasteiger partial charge in [-0.2, -0.15) is 0 Å². The van der Waals surface area contributed by atoms with Crippen molar-refractivity contribution in [2.75, 3.05) is 26.9 Å². The number of amides is 1. The Labute approximate surface area is 124 Å². The number of hydrogen-bond acceptors (Lipinski definition) is 4. The number of ether oxygens (including phenoxy) is 2. The first kappa shape index (κ1) is 15.5. The second-order valence-corrected chi connectivity index (χ2v) is 5.31. The Morgan fingerprint density at radius 1 is 1.38 bits per heavy atom. The van der Waals surface area contributed by atoms with Gasteiger partial charge in [0.05, 0.1) is 26.7 Å². The topological polar surface area (TPSA) is 55.8 Å². The lowest BCUT2D eigenvalue weighted by Crippen LogP contribution is -2.53. The minimum Gasteiger partial charge on any atom is -0.467 e. The van der Waals surface area contributed by atoms with Crippen molar-refractivity contribution in [3.8, 4) is 0 Å². The molecule has 0 bridgehead atoms. The maximum atomic E-state index is 12.5. The Morgan fingerprint density at radius 2 is 2.14 bits per heavy atom. The molecular formula is C16H21NO4. The van der Waals surface area contributed by atoms with Gasteiger partial charge in [0.25, 0.3) is 0 Å². The monoisotopic (exact) mass is 291 g/mol. The van der Waals surface area contributed by atoms with Crippen LogP contribution >= 0.6 is 0 Å². The summed E-state index contributed by atoms with van der Waals surface area (Å²) in [6.45, 7) is 5.05. The first-order valence-electron chi connectivity index (χ1n) is 7.04. The molecule has 0 N–H and O–H groups in total. The number of hydrogen-bond donors (Lipinski definition) is 0. The van der Waals surface area contributed by atoms with Crippen LogP contribution in [-0.2, 0) is 25.5 Å². The van der Waals surface area contributed by atoms with Gasteiger partial charge in [-0.15, -0.1) is 0 Å². The van der Waals surface area contributed by atoms with E-state index in [0.29, 0.717) is 19.6 Å². The molecule has 2 rings (SSSR count). The van der Waals surface area contributed by atoms with E-state index in [1.807, 2.05) is 32.0 Å². The van der Waals surface area contributed by atoms with Crippen LogP contribution in [-0.4, -0.2) is 49.7 Å². The van der Waals surface area contributed by atoms with E-state index in [4.69, 9.17) is 9.47 Å². The number of rotatable bonds is 3. The maximum absolute atomic E-state index is 12.5. The first-order valence-corrected chi connectivity index (χ1v) is 7.04. The fourth-order valence-electron chi connectivity index (χ4n) is 2.49. The first-order chi connectivity index (χ1) is 10.0. The van der Waals surface area contributed by atoms with Crippen LogP contribution in [0.2, 0.25) is 0 Å². The van der Waals surface area contributed by atoms with Crippen molar-refractivity contribution in [1.29, 1.82) is 0 Å². The molecule has 0 aliphatic carbocycles. The van der Waals surface area contributed by atoms with Crippen molar-refractivity contribution in [3.05, 3.63) is 34.9 Å². The summed E-state index contributed by atoms with van der Waals surface area (Å²) in [5.74, 6) is -0.494. The van der Waals surface area contributed by atoms with Crippen molar-refractivity contribution in [2.45, 2.75) is 26.3 Å². The summed E-state index contributed by atoms with van der Waals surface area (Å²) in [6, 6.07) is 5.41. The molecule has 1 aromatic carbocycles. The zero-order valence-corrected chi connectivity index (χ0v) is 12.7. The van der Waals surface area contributed by atoms with E-state index < -0.39 is 12.0 Å². The van der Waals surface area contributed by atoms with Gasteiger partial charge in [-0.25, -0.2) is 4.79 Å². The highest BCUT2D eigenvalue weighted by Crippen LogP contribution is 2.15. The van der Waals surface area contributed by atoms with Crippen LogP contribution in [0.5, 0.6) is 0 Å². The smallest absolute Gasteiger partial charge is 0.331 e. The normalized spacial score (nSPS) is 18.4. The highest BCUT2D eigenvalue weighted by atomic mass is 16.5. The van der Waals surface area contributed by atoms with Gasteiger partial charge in [-0.05, 0) is 25.0 Å². The molecular weight excluding hydrogens is 270 g/mol. The van der Waals surface area contributed by atoms with Crippen LogP contribution in [0.15, 0.2) is 18.2 Å². The molecule has 1 aliphatic heterocycles. The van der Waals surface area contributed by atoms with Crippen molar-refractivity contribution in [3.63, 3.8) is 0 Å². The van der Waals surface area contributed by atoms with Crippen LogP contribution in [0.3, 0.4) is 0 Å². The van der Waals surface area contributed by atoms with E-state index in [1.54, 1.807) is 4.90 Å². The minimum absolute atomic E-state index is 0.0672. The van der Waals surface area contributed by atoms with Gasteiger partial charge < -0.3 is 14.4 Å². The molecule has 5 heteroatoms. The number of aryl methyl sites for hydroxylation is 2. The van der Waals surface area contributed by atoms with E-state index in [1.165, 1.54) is 7.11 Å². The zero-order valence-electron chi connectivity index (χ0n) is 12.7. The zero-order chi connectivity index (χ0) is 15.4. The lowest BCUT2D eigenvalue weighted by molar-refractivity contribution is -0.160. The largest absolute Gasteiger partial charge is 0.467 e. The summed E-state index contributed by atoms with van der Waals surface area (Å²) < 4.78 is 10.0. The van der Waals surface area contributed by atoms with Crippen LogP contribution in [0.25, 0.3) is 0 Å². The van der Waals surface area contributed by atoms with E-state index >= 15 is 0 Å². The predicted molar refractivity (Wildman–Crippen MR) is 78.0 cm³/mol. The summed E-state index contributed by atoms with van der Waals surface area (Å²) in [5, 5.41) is 0. The number of benzene rings is 1. The molecule has 0 radical (unpaired) electrons. The Kier molecular flexibility index (Phi) is 4.96. The standard InChI is InChI=1S/C16H21NO4/c1-11-4-5-12(2)13(8-11)9-15(18)17-6-7-21-10-14(17)16(19)20-3/h4-5,8,14H,6-7,9-10H2,1-3H3. The molecule has 0 spiro atoms. The Bertz CT molecular complexity index is 541. The van der Waals surface area contributed by atoms with Gasteiger partial charge in [0.1, 0.15) is 0 Å². The van der Waals surface area contributed by atoms with E-state index in [2.05, 4.69) is 0 Å². The number of nitrogens with zero attached hydrogens (tertiary/aromatic N) is 1. The lowest BCUT2D eigenvalue weighted by Gasteiger charge is -2.33. The molecule has 1 saturated heterocycles. The molecule has 1 aliphatic rings. The predicted octanol–water partition coefficient (Wildman–Crippen LogP) is 1.25. The number of esters is 1. The van der Waals surface area contributed by atoms with Crippen molar-refractivity contribution < 1.29 is 19.1 Å². The number of carbonyl (C=O) groups is 2. The Morgan fingerprint density at radius 3 is 2.86 bits per heavy atom. The second kappa shape index (κ2) is 6.72. The van der Waals surface area contributed by atoms with Gasteiger partial charge in [-0.3, -0.25) is 4.79 Å². The molecule has 1 amide bonds. The molecule has 1 aromatic rings. The SMILES string of the molecule is COC(=O)C1COCCN1C(=O)Cc1cc(C)ccc1C. The fraction of sp³-hybridized carbons (Fsp3) is 0.500. The third-order valence-electron chi connectivity index (χ3n) is 3.77. The molecule has 5 nitrogen and oxygen atoms in total. The molecule has 1 heterocycles. The van der Waals surface area contributed by atoms with Gasteiger partial charge in [0.2, 0.25) is 5.91 Å². The van der Waals surface area contributed by atoms with Gasteiger partial charge in [0, 0.05) is 6.54 Å². The molecule has 0 aromatic heterocycles. The lowest BCUT2D eigenvalue weighted by atomic mass is 10.0. The third-order valence-corrected chi connectivity index (χ3v) is 3.77. The molecule has 1 unspecified atom stereocenters. The van der Waals surface area contributed by atoms with Crippen LogP contribution in [0.4, 0.5) is 0 Å². The summed E-state index contributed by atoms with van der Waals surface area (Å²) in [4.78, 5) is 25.9. The molecule has 114 valence electrons. The second-order valence-electron chi connectivity index (χ2n) is 5.31. The highest BCUT2D eigenvalue weighted by molar-refractivity contribution is 5.86. The average Bonchev–Trinajstić information content (AvgIpc) is 2.50. The van der Waals surface area contributed by atoms with Gasteiger partial charge in [0.15, 0.2) is 6.04 Å². The molecule has 1 fully saturated rings. The summed E-state index contributed by atoms with van der Waals surface area (Å²) in [7, 11) is 1.32. The highest BCUT2D eigenvalue weighted by Gasteiger charge is 2.33. The fourth-order valence-corrected chi connectivity index (χ4v) is 2.49. The molecule has 1 atom stereocenters. The number of methoxy groups -OCH3 is 1. The molecule has 0 saturated carbocycles. The van der Waals surface area contributed by atoms with Crippen LogP contribution in [0.1, 0.15) is 16.7 Å². The number of morpholine rings is 1. The van der Waals surface area contributed by atoms with Gasteiger partial charge >= 0.3 is 5.97 Å². The van der Waals surface area contributed by atoms with E-state index in [0.717, 1.165) is 16.7 Å². The summed E-state index contributed by atoms with van der Waals surface area (Å²) >= 11 is 0. The van der Waals surface area contributed by atoms with E-state index in [-0.39, 0.29) is 12.5 Å². The Hall–Kier alpha value is -1.88. The van der Waals surface area contributed by atoms with Crippen molar-refractivity contribution >= 4 is 11.9 Å². The summed E-state index contributed by atoms with van der Waals surface area (Å²) in [5.41, 5.74) is 3.20.